The Bertz CT molecular complexity index is 740. The summed E-state index contributed by atoms with van der Waals surface area (Å²) in [5, 5.41) is 9.17. The Balaban J connectivity index is 1.64. The predicted molar refractivity (Wildman–Crippen MR) is 98.6 cm³/mol. The standard InChI is InChI=1S/C19H28N2O4S/c22-12-11-20-9-7-19(8-10-20)14-21(13-16-5-6-16)26(23,24)18-4-2-1-3-17(18)25-15-19/h1-4,16,22H,5-15H2. The van der Waals surface area contributed by atoms with Gasteiger partial charge in [0, 0.05) is 25.0 Å². The van der Waals surface area contributed by atoms with Crippen molar-refractivity contribution in [3.8, 4) is 5.75 Å². The van der Waals surface area contributed by atoms with Crippen molar-refractivity contribution >= 4 is 10.0 Å². The third-order valence-electron chi connectivity index (χ3n) is 6.00. The van der Waals surface area contributed by atoms with E-state index in [2.05, 4.69) is 4.90 Å². The van der Waals surface area contributed by atoms with Gasteiger partial charge in [-0.05, 0) is 56.8 Å². The highest BCUT2D eigenvalue weighted by Crippen LogP contribution is 2.41. The van der Waals surface area contributed by atoms with Crippen molar-refractivity contribution in [3.05, 3.63) is 24.3 Å². The van der Waals surface area contributed by atoms with Gasteiger partial charge in [0.2, 0.25) is 10.0 Å². The highest BCUT2D eigenvalue weighted by molar-refractivity contribution is 7.89. The molecule has 3 aliphatic rings. The summed E-state index contributed by atoms with van der Waals surface area (Å²) in [5.41, 5.74) is -0.151. The molecular weight excluding hydrogens is 352 g/mol. The molecule has 1 saturated heterocycles. The van der Waals surface area contributed by atoms with Crippen molar-refractivity contribution in [1.82, 2.24) is 9.21 Å². The second-order valence-electron chi connectivity index (χ2n) is 8.04. The van der Waals surface area contributed by atoms with Gasteiger partial charge in [0.15, 0.2) is 0 Å². The molecule has 1 aromatic rings. The van der Waals surface area contributed by atoms with Crippen molar-refractivity contribution in [2.75, 3.05) is 45.9 Å². The lowest BCUT2D eigenvalue weighted by atomic mass is 9.78. The van der Waals surface area contributed by atoms with Crippen LogP contribution in [-0.4, -0.2) is 68.7 Å². The quantitative estimate of drug-likeness (QED) is 0.858. The molecule has 2 heterocycles. The van der Waals surface area contributed by atoms with Crippen LogP contribution in [0, 0.1) is 11.3 Å². The number of likely N-dealkylation sites (tertiary alicyclic amines) is 1. The van der Waals surface area contributed by atoms with E-state index in [4.69, 9.17) is 4.74 Å². The fourth-order valence-electron chi connectivity index (χ4n) is 4.10. The number of rotatable bonds is 4. The van der Waals surface area contributed by atoms with Gasteiger partial charge in [-0.1, -0.05) is 12.1 Å². The minimum atomic E-state index is -3.54. The molecule has 0 atom stereocenters. The largest absolute Gasteiger partial charge is 0.492 e. The van der Waals surface area contributed by atoms with Crippen molar-refractivity contribution < 1.29 is 18.3 Å². The summed E-state index contributed by atoms with van der Waals surface area (Å²) in [7, 11) is -3.54. The lowest BCUT2D eigenvalue weighted by Crippen LogP contribution is -2.52. The summed E-state index contributed by atoms with van der Waals surface area (Å²) in [6.07, 6.45) is 4.04. The molecule has 0 amide bonds. The van der Waals surface area contributed by atoms with E-state index in [0.29, 0.717) is 42.8 Å². The summed E-state index contributed by atoms with van der Waals surface area (Å²) >= 11 is 0. The fraction of sp³-hybridized carbons (Fsp3) is 0.684. The predicted octanol–water partition coefficient (Wildman–Crippen LogP) is 1.55. The van der Waals surface area contributed by atoms with Crippen LogP contribution in [0.3, 0.4) is 0 Å². The number of aliphatic hydroxyl groups excluding tert-OH is 1. The third-order valence-corrected chi connectivity index (χ3v) is 7.86. The maximum atomic E-state index is 13.3. The highest BCUT2D eigenvalue weighted by atomic mass is 32.2. The van der Waals surface area contributed by atoms with E-state index < -0.39 is 10.0 Å². The number of nitrogens with zero attached hydrogens (tertiary/aromatic N) is 2. The number of β-amino-alcohol motifs (C(OH)–C–C–N with tert-alkyl or cyclic N) is 1. The first-order valence-electron chi connectivity index (χ1n) is 9.58. The molecule has 26 heavy (non-hydrogen) atoms. The van der Waals surface area contributed by atoms with Gasteiger partial charge in [-0.3, -0.25) is 0 Å². The van der Waals surface area contributed by atoms with E-state index >= 15 is 0 Å². The summed E-state index contributed by atoms with van der Waals surface area (Å²) < 4.78 is 34.4. The normalized spacial score (nSPS) is 25.9. The molecule has 2 aliphatic heterocycles. The van der Waals surface area contributed by atoms with E-state index in [1.807, 2.05) is 6.07 Å². The maximum Gasteiger partial charge on any atom is 0.246 e. The molecule has 0 aromatic heterocycles. The number of para-hydroxylation sites is 1. The average Bonchev–Trinajstić information content (AvgIpc) is 3.45. The van der Waals surface area contributed by atoms with Crippen molar-refractivity contribution in [2.45, 2.75) is 30.6 Å². The molecule has 6 nitrogen and oxygen atoms in total. The number of piperidine rings is 1. The zero-order chi connectivity index (χ0) is 18.2. The van der Waals surface area contributed by atoms with E-state index in [1.165, 1.54) is 0 Å². The molecule has 0 radical (unpaired) electrons. The zero-order valence-corrected chi connectivity index (χ0v) is 16.0. The Morgan fingerprint density at radius 2 is 1.92 bits per heavy atom. The third kappa shape index (κ3) is 3.63. The smallest absolute Gasteiger partial charge is 0.246 e. The SMILES string of the molecule is O=S1(=O)c2ccccc2OCC2(CCN(CCO)CC2)CN1CC1CC1. The van der Waals surface area contributed by atoms with Gasteiger partial charge in [0.25, 0.3) is 0 Å². The molecule has 144 valence electrons. The number of benzene rings is 1. The molecule has 1 spiro atoms. The molecule has 4 rings (SSSR count). The molecule has 1 aliphatic carbocycles. The van der Waals surface area contributed by atoms with Gasteiger partial charge in [-0.25, -0.2) is 8.42 Å². The van der Waals surface area contributed by atoms with E-state index in [9.17, 15) is 13.5 Å². The van der Waals surface area contributed by atoms with Gasteiger partial charge in [-0.2, -0.15) is 4.31 Å². The molecule has 0 unspecified atom stereocenters. The first-order chi connectivity index (χ1) is 12.5. The Kier molecular flexibility index (Phi) is 4.98. The number of hydrogen-bond acceptors (Lipinski definition) is 5. The Morgan fingerprint density at radius 3 is 2.62 bits per heavy atom. The van der Waals surface area contributed by atoms with Gasteiger partial charge < -0.3 is 14.7 Å². The lowest BCUT2D eigenvalue weighted by Gasteiger charge is -2.45. The molecule has 1 N–H and O–H groups in total. The minimum Gasteiger partial charge on any atom is -0.492 e. The molecule has 2 fully saturated rings. The number of hydrogen-bond donors (Lipinski definition) is 1. The van der Waals surface area contributed by atoms with Crippen molar-refractivity contribution in [2.24, 2.45) is 11.3 Å². The van der Waals surface area contributed by atoms with E-state index in [1.54, 1.807) is 22.5 Å². The summed E-state index contributed by atoms with van der Waals surface area (Å²) in [5.74, 6) is 0.981. The Hall–Kier alpha value is -1.15. The van der Waals surface area contributed by atoms with E-state index in [0.717, 1.165) is 38.8 Å². The molecule has 1 aromatic carbocycles. The summed E-state index contributed by atoms with van der Waals surface area (Å²) in [4.78, 5) is 2.55. The second kappa shape index (κ2) is 7.11. The molecule has 7 heteroatoms. The van der Waals surface area contributed by atoms with Crippen LogP contribution in [0.1, 0.15) is 25.7 Å². The van der Waals surface area contributed by atoms with Crippen LogP contribution in [-0.2, 0) is 10.0 Å². The first-order valence-corrected chi connectivity index (χ1v) is 11.0. The summed E-state index contributed by atoms with van der Waals surface area (Å²) in [6, 6.07) is 7.02. The number of sulfonamides is 1. The highest BCUT2D eigenvalue weighted by Gasteiger charge is 2.44. The molecule has 1 saturated carbocycles. The van der Waals surface area contributed by atoms with Crippen LogP contribution < -0.4 is 4.74 Å². The van der Waals surface area contributed by atoms with Gasteiger partial charge in [0.05, 0.1) is 13.2 Å². The minimum absolute atomic E-state index is 0.151. The summed E-state index contributed by atoms with van der Waals surface area (Å²) in [6.45, 7) is 4.31. The number of aliphatic hydroxyl groups is 1. The van der Waals surface area contributed by atoms with Crippen LogP contribution in [0.4, 0.5) is 0 Å². The zero-order valence-electron chi connectivity index (χ0n) is 15.1. The molecular formula is C19H28N2O4S. The van der Waals surface area contributed by atoms with Crippen LogP contribution in [0.5, 0.6) is 5.75 Å². The van der Waals surface area contributed by atoms with Crippen molar-refractivity contribution in [3.63, 3.8) is 0 Å². The Morgan fingerprint density at radius 1 is 1.19 bits per heavy atom. The van der Waals surface area contributed by atoms with Crippen LogP contribution >= 0.6 is 0 Å². The lowest BCUT2D eigenvalue weighted by molar-refractivity contribution is 0.0295. The van der Waals surface area contributed by atoms with Gasteiger partial charge >= 0.3 is 0 Å². The number of ether oxygens (including phenoxy) is 1. The van der Waals surface area contributed by atoms with E-state index in [-0.39, 0.29) is 12.0 Å². The van der Waals surface area contributed by atoms with Crippen molar-refractivity contribution in [1.29, 1.82) is 0 Å². The molecule has 0 bridgehead atoms. The fourth-order valence-corrected chi connectivity index (χ4v) is 5.86. The monoisotopic (exact) mass is 380 g/mol. The topological polar surface area (TPSA) is 70.1 Å². The van der Waals surface area contributed by atoms with Gasteiger partial charge in [0.1, 0.15) is 10.6 Å². The van der Waals surface area contributed by atoms with Crippen LogP contribution in [0.2, 0.25) is 0 Å². The van der Waals surface area contributed by atoms with Gasteiger partial charge in [-0.15, -0.1) is 0 Å². The maximum absolute atomic E-state index is 13.3. The average molecular weight is 381 g/mol. The first kappa shape index (κ1) is 18.2. The van der Waals surface area contributed by atoms with Crippen LogP contribution in [0.25, 0.3) is 0 Å². The van der Waals surface area contributed by atoms with Crippen LogP contribution in [0.15, 0.2) is 29.2 Å². The Labute approximate surface area is 155 Å². The second-order valence-corrected chi connectivity index (χ2v) is 9.95. The number of fused-ring (bicyclic) bond motifs is 1.